The minimum absolute atomic E-state index is 0.0455. The lowest BCUT2D eigenvalue weighted by atomic mass is 10.2. The van der Waals surface area contributed by atoms with E-state index in [1.807, 2.05) is 0 Å². The van der Waals surface area contributed by atoms with Crippen molar-refractivity contribution in [3.8, 4) is 0 Å². The first-order chi connectivity index (χ1) is 8.86. The summed E-state index contributed by atoms with van der Waals surface area (Å²) >= 11 is 0. The van der Waals surface area contributed by atoms with Crippen LogP contribution in [0.15, 0.2) is 29.2 Å². The zero-order chi connectivity index (χ0) is 14.5. The summed E-state index contributed by atoms with van der Waals surface area (Å²) in [5, 5.41) is 10.6. The van der Waals surface area contributed by atoms with E-state index in [-0.39, 0.29) is 17.0 Å². The molecule has 0 bridgehead atoms. The number of sulfonamides is 1. The van der Waals surface area contributed by atoms with Crippen molar-refractivity contribution in [1.82, 2.24) is 10.0 Å². The lowest BCUT2D eigenvalue weighted by molar-refractivity contribution is -0.135. The number of hydrogen-bond donors (Lipinski definition) is 3. The summed E-state index contributed by atoms with van der Waals surface area (Å²) in [6, 6.07) is 5.21. The average molecular weight is 286 g/mol. The predicted octanol–water partition coefficient (Wildman–Crippen LogP) is -0.201. The maximum atomic E-state index is 11.6. The third kappa shape index (κ3) is 4.34. The van der Waals surface area contributed by atoms with E-state index in [0.29, 0.717) is 0 Å². The van der Waals surface area contributed by atoms with Gasteiger partial charge in [-0.2, -0.15) is 0 Å². The van der Waals surface area contributed by atoms with Gasteiger partial charge in [-0.25, -0.2) is 13.1 Å². The Balaban J connectivity index is 2.82. The van der Waals surface area contributed by atoms with E-state index in [4.69, 9.17) is 5.11 Å². The highest BCUT2D eigenvalue weighted by molar-refractivity contribution is 7.89. The normalized spacial score (nSPS) is 11.0. The Kier molecular flexibility index (Phi) is 5.02. The monoisotopic (exact) mass is 286 g/mol. The molecule has 0 fully saturated rings. The molecule has 0 atom stereocenters. The van der Waals surface area contributed by atoms with Gasteiger partial charge in [0.05, 0.1) is 4.90 Å². The number of aliphatic carboxylic acids is 1. The zero-order valence-electron chi connectivity index (χ0n) is 10.2. The highest BCUT2D eigenvalue weighted by Gasteiger charge is 2.13. The molecular weight excluding hydrogens is 272 g/mol. The van der Waals surface area contributed by atoms with Crippen molar-refractivity contribution in [3.63, 3.8) is 0 Å². The molecule has 0 saturated carbocycles. The Morgan fingerprint density at radius 2 is 1.79 bits per heavy atom. The van der Waals surface area contributed by atoms with Gasteiger partial charge < -0.3 is 10.4 Å². The van der Waals surface area contributed by atoms with Crippen molar-refractivity contribution in [2.24, 2.45) is 0 Å². The highest BCUT2D eigenvalue weighted by atomic mass is 32.2. The van der Waals surface area contributed by atoms with Crippen LogP contribution < -0.4 is 10.0 Å². The molecule has 1 rings (SSSR count). The Morgan fingerprint density at radius 3 is 2.26 bits per heavy atom. The molecule has 104 valence electrons. The summed E-state index contributed by atoms with van der Waals surface area (Å²) in [6.07, 6.45) is 0. The molecule has 1 aromatic carbocycles. The minimum Gasteiger partial charge on any atom is -0.480 e. The number of carbonyl (C=O) groups excluding carboxylic acids is 1. The van der Waals surface area contributed by atoms with Crippen LogP contribution >= 0.6 is 0 Å². The Hall–Kier alpha value is -1.93. The largest absolute Gasteiger partial charge is 0.480 e. The minimum atomic E-state index is -3.55. The van der Waals surface area contributed by atoms with Crippen LogP contribution in [0.2, 0.25) is 0 Å². The van der Waals surface area contributed by atoms with Gasteiger partial charge in [-0.15, -0.1) is 0 Å². The van der Waals surface area contributed by atoms with Crippen LogP contribution in [0.1, 0.15) is 17.3 Å². The van der Waals surface area contributed by atoms with Crippen LogP contribution in [0.4, 0.5) is 0 Å². The van der Waals surface area contributed by atoms with Crippen LogP contribution in [-0.2, 0) is 14.8 Å². The number of hydrogen-bond acceptors (Lipinski definition) is 4. The van der Waals surface area contributed by atoms with E-state index in [0.717, 1.165) is 0 Å². The lowest BCUT2D eigenvalue weighted by Crippen LogP contribution is -2.29. The summed E-state index contributed by atoms with van der Waals surface area (Å²) in [5.41, 5.74) is 0.191. The molecule has 0 spiro atoms. The third-order valence-corrected chi connectivity index (χ3v) is 3.72. The molecule has 0 unspecified atom stereocenters. The number of benzene rings is 1. The van der Waals surface area contributed by atoms with E-state index >= 15 is 0 Å². The maximum absolute atomic E-state index is 11.6. The molecule has 3 N–H and O–H groups in total. The van der Waals surface area contributed by atoms with E-state index in [9.17, 15) is 18.0 Å². The second kappa shape index (κ2) is 6.30. The van der Waals surface area contributed by atoms with Crippen molar-refractivity contribution in [1.29, 1.82) is 0 Å². The first-order valence-corrected chi connectivity index (χ1v) is 6.95. The van der Waals surface area contributed by atoms with Gasteiger partial charge in [-0.1, -0.05) is 6.92 Å². The van der Waals surface area contributed by atoms with Crippen molar-refractivity contribution < 1.29 is 23.1 Å². The number of amides is 1. The zero-order valence-corrected chi connectivity index (χ0v) is 11.0. The molecular formula is C11H14N2O5S. The number of carbonyl (C=O) groups is 2. The van der Waals surface area contributed by atoms with Gasteiger partial charge in [0.15, 0.2) is 0 Å². The average Bonchev–Trinajstić information content (AvgIpc) is 2.36. The van der Waals surface area contributed by atoms with Gasteiger partial charge in [0.2, 0.25) is 10.0 Å². The van der Waals surface area contributed by atoms with E-state index < -0.39 is 28.4 Å². The first-order valence-electron chi connectivity index (χ1n) is 5.46. The lowest BCUT2D eigenvalue weighted by Gasteiger charge is -2.06. The standard InChI is InChI=1S/C11H14N2O5S/c1-2-13-19(17,18)9-5-3-8(4-6-9)11(16)12-7-10(14)15/h3-6,13H,2,7H2,1H3,(H,12,16)(H,14,15). The topological polar surface area (TPSA) is 113 Å². The van der Waals surface area contributed by atoms with Gasteiger partial charge in [-0.05, 0) is 24.3 Å². The summed E-state index contributed by atoms with van der Waals surface area (Å²) in [6.45, 7) is 1.44. The second-order valence-electron chi connectivity index (χ2n) is 3.60. The van der Waals surface area contributed by atoms with Crippen molar-refractivity contribution >= 4 is 21.9 Å². The van der Waals surface area contributed by atoms with Crippen LogP contribution in [0, 0.1) is 0 Å². The second-order valence-corrected chi connectivity index (χ2v) is 5.37. The molecule has 8 heteroatoms. The fourth-order valence-electron chi connectivity index (χ4n) is 1.32. The molecule has 0 saturated heterocycles. The number of carboxylic acid groups (broad SMARTS) is 1. The quantitative estimate of drug-likeness (QED) is 0.670. The summed E-state index contributed by atoms with van der Waals surface area (Å²) in [5.74, 6) is -1.73. The smallest absolute Gasteiger partial charge is 0.322 e. The van der Waals surface area contributed by atoms with Crippen LogP contribution in [0.25, 0.3) is 0 Å². The summed E-state index contributed by atoms with van der Waals surface area (Å²) in [7, 11) is -3.55. The third-order valence-electron chi connectivity index (χ3n) is 2.16. The molecule has 0 heterocycles. The van der Waals surface area contributed by atoms with E-state index in [1.54, 1.807) is 6.92 Å². The predicted molar refractivity (Wildman–Crippen MR) is 67.3 cm³/mol. The molecule has 1 aromatic rings. The molecule has 0 aliphatic heterocycles. The first kappa shape index (κ1) is 15.1. The molecule has 0 radical (unpaired) electrons. The van der Waals surface area contributed by atoms with Crippen LogP contribution in [-0.4, -0.2) is 38.5 Å². The van der Waals surface area contributed by atoms with Crippen LogP contribution in [0.5, 0.6) is 0 Å². The van der Waals surface area contributed by atoms with Gasteiger partial charge in [0.1, 0.15) is 6.54 Å². The highest BCUT2D eigenvalue weighted by Crippen LogP contribution is 2.10. The number of nitrogens with one attached hydrogen (secondary N) is 2. The molecule has 0 aromatic heterocycles. The molecule has 19 heavy (non-hydrogen) atoms. The summed E-state index contributed by atoms with van der Waals surface area (Å²) in [4.78, 5) is 21.8. The van der Waals surface area contributed by atoms with Crippen molar-refractivity contribution in [2.45, 2.75) is 11.8 Å². The number of rotatable bonds is 6. The molecule has 7 nitrogen and oxygen atoms in total. The Bertz CT molecular complexity index is 565. The van der Waals surface area contributed by atoms with Crippen LogP contribution in [0.3, 0.4) is 0 Å². The van der Waals surface area contributed by atoms with Gasteiger partial charge >= 0.3 is 5.97 Å². The number of carboxylic acids is 1. The Labute approximate surface area is 110 Å². The summed E-state index contributed by atoms with van der Waals surface area (Å²) < 4.78 is 25.6. The van der Waals surface area contributed by atoms with Gasteiger partial charge in [-0.3, -0.25) is 9.59 Å². The fourth-order valence-corrected chi connectivity index (χ4v) is 2.36. The SMILES string of the molecule is CCNS(=O)(=O)c1ccc(C(=O)NCC(=O)O)cc1. The van der Waals surface area contributed by atoms with Crippen molar-refractivity contribution in [3.05, 3.63) is 29.8 Å². The molecule has 1 amide bonds. The molecule has 0 aliphatic carbocycles. The maximum Gasteiger partial charge on any atom is 0.322 e. The van der Waals surface area contributed by atoms with Gasteiger partial charge in [0, 0.05) is 12.1 Å². The molecule has 0 aliphatic rings. The fraction of sp³-hybridized carbons (Fsp3) is 0.273. The van der Waals surface area contributed by atoms with E-state index in [2.05, 4.69) is 10.0 Å². The van der Waals surface area contributed by atoms with Crippen molar-refractivity contribution in [2.75, 3.05) is 13.1 Å². The van der Waals surface area contributed by atoms with Gasteiger partial charge in [0.25, 0.3) is 5.91 Å². The Morgan fingerprint density at radius 1 is 1.21 bits per heavy atom. The van der Waals surface area contributed by atoms with E-state index in [1.165, 1.54) is 24.3 Å².